The number of nitrogens with two attached hydrogens (primary N) is 1. The predicted molar refractivity (Wildman–Crippen MR) is 157 cm³/mol. The first-order chi connectivity index (χ1) is 18.8. The zero-order valence-electron chi connectivity index (χ0n) is 23.3. The fourth-order valence-corrected chi connectivity index (χ4v) is 4.95. The Bertz CT molecular complexity index is 1420. The minimum Gasteiger partial charge on any atom is -0.382 e. The zero-order valence-corrected chi connectivity index (χ0v) is 24.2. The SMILES string of the molecule is Cc1ccc(NCC#Cc2cc3c(NC4CCC(N(C)C)CC4)cccc3n2CC(F)(F)F)cc1C.N[SH](=O)=O. The number of halogens is 3. The minimum absolute atomic E-state index is 0.314. The maximum atomic E-state index is 13.5. The van der Waals surface area contributed by atoms with Crippen LogP contribution in [0.5, 0.6) is 0 Å². The molecule has 1 saturated carbocycles. The molecule has 0 atom stereocenters. The highest BCUT2D eigenvalue weighted by Gasteiger charge is 2.30. The number of thiol groups is 1. The van der Waals surface area contributed by atoms with E-state index in [1.807, 2.05) is 37.3 Å². The molecule has 218 valence electrons. The van der Waals surface area contributed by atoms with Crippen molar-refractivity contribution >= 4 is 33.2 Å². The van der Waals surface area contributed by atoms with Gasteiger partial charge in [0.1, 0.15) is 6.54 Å². The predicted octanol–water partition coefficient (Wildman–Crippen LogP) is 5.04. The van der Waals surface area contributed by atoms with Crippen LogP contribution in [0.3, 0.4) is 0 Å². The van der Waals surface area contributed by atoms with Crippen LogP contribution in [-0.4, -0.2) is 56.8 Å². The molecule has 0 saturated heterocycles. The molecule has 11 heteroatoms. The molecule has 1 heterocycles. The zero-order chi connectivity index (χ0) is 29.4. The summed E-state index contributed by atoms with van der Waals surface area (Å²) in [6.07, 6.45) is -0.0351. The quantitative estimate of drug-likeness (QED) is 0.243. The van der Waals surface area contributed by atoms with Crippen molar-refractivity contribution in [3.63, 3.8) is 0 Å². The van der Waals surface area contributed by atoms with Gasteiger partial charge in [0.15, 0.2) is 10.9 Å². The molecule has 7 nitrogen and oxygen atoms in total. The van der Waals surface area contributed by atoms with E-state index in [9.17, 15) is 13.2 Å². The second-order valence-corrected chi connectivity index (χ2v) is 10.9. The van der Waals surface area contributed by atoms with Gasteiger partial charge in [-0.2, -0.15) is 13.2 Å². The van der Waals surface area contributed by atoms with Gasteiger partial charge in [0.2, 0.25) is 0 Å². The Kier molecular flexibility index (Phi) is 10.9. The van der Waals surface area contributed by atoms with Gasteiger partial charge in [-0.1, -0.05) is 18.1 Å². The molecule has 0 amide bonds. The highest BCUT2D eigenvalue weighted by Crippen LogP contribution is 2.32. The molecule has 1 aromatic heterocycles. The molecule has 1 fully saturated rings. The number of rotatable bonds is 6. The van der Waals surface area contributed by atoms with Gasteiger partial charge in [-0.3, -0.25) is 0 Å². The average molecular weight is 578 g/mol. The Morgan fingerprint density at radius 3 is 2.33 bits per heavy atom. The van der Waals surface area contributed by atoms with Crippen LogP contribution in [-0.2, 0) is 17.4 Å². The minimum atomic E-state index is -4.34. The molecule has 0 unspecified atom stereocenters. The van der Waals surface area contributed by atoms with Crippen LogP contribution < -0.4 is 15.8 Å². The molecule has 1 aliphatic rings. The molecule has 1 aliphatic carbocycles. The second-order valence-electron chi connectivity index (χ2n) is 10.3. The molecule has 0 spiro atoms. The molecular weight excluding hydrogens is 539 g/mol. The summed E-state index contributed by atoms with van der Waals surface area (Å²) in [4.78, 5) is 2.27. The van der Waals surface area contributed by atoms with E-state index in [0.717, 1.165) is 42.4 Å². The molecule has 3 aromatic rings. The summed E-state index contributed by atoms with van der Waals surface area (Å²) < 4.78 is 59.4. The summed E-state index contributed by atoms with van der Waals surface area (Å²) in [5, 5.41) is 11.7. The van der Waals surface area contributed by atoms with Crippen molar-refractivity contribution in [3.05, 3.63) is 59.3 Å². The van der Waals surface area contributed by atoms with Crippen LogP contribution >= 0.6 is 0 Å². The average Bonchev–Trinajstić information content (AvgIpc) is 3.20. The van der Waals surface area contributed by atoms with Crippen molar-refractivity contribution < 1.29 is 21.6 Å². The standard InChI is InChI=1S/C29H35F3N4.H3NO2S/c1-20-10-11-23(17-21(20)2)33-16-6-7-25-18-26-27(34-22-12-14-24(15-13-22)35(3)4)8-5-9-28(26)36(25)19-29(30,31)32;1-4(2)3/h5,8-11,17-18,22,24,33-34H,12-16,19H2,1-4H3;4H,(H2,1,2,3). The third-order valence-corrected chi connectivity index (χ3v) is 7.17. The summed E-state index contributed by atoms with van der Waals surface area (Å²) in [7, 11) is 1.61. The fraction of sp³-hybridized carbons (Fsp3) is 0.448. The van der Waals surface area contributed by atoms with Crippen molar-refractivity contribution in [3.8, 4) is 11.8 Å². The van der Waals surface area contributed by atoms with E-state index in [0.29, 0.717) is 29.8 Å². The van der Waals surface area contributed by atoms with Crippen LogP contribution in [0.25, 0.3) is 10.9 Å². The normalized spacial score (nSPS) is 17.2. The van der Waals surface area contributed by atoms with Crippen molar-refractivity contribution in [1.82, 2.24) is 9.47 Å². The van der Waals surface area contributed by atoms with Gasteiger partial charge < -0.3 is 20.1 Å². The number of anilines is 2. The van der Waals surface area contributed by atoms with Crippen molar-refractivity contribution in [2.45, 2.75) is 64.3 Å². The van der Waals surface area contributed by atoms with E-state index in [-0.39, 0.29) is 0 Å². The number of aromatic nitrogens is 1. The van der Waals surface area contributed by atoms with E-state index < -0.39 is 23.6 Å². The van der Waals surface area contributed by atoms with Crippen LogP contribution in [0.1, 0.15) is 42.5 Å². The van der Waals surface area contributed by atoms with Gasteiger partial charge in [0.05, 0.1) is 17.8 Å². The Labute approximate surface area is 236 Å². The second kappa shape index (κ2) is 13.9. The maximum absolute atomic E-state index is 13.5. The fourth-order valence-electron chi connectivity index (χ4n) is 4.95. The van der Waals surface area contributed by atoms with Crippen molar-refractivity contribution in [2.24, 2.45) is 5.14 Å². The van der Waals surface area contributed by atoms with E-state index in [2.05, 4.69) is 53.5 Å². The lowest BCUT2D eigenvalue weighted by atomic mass is 9.90. The van der Waals surface area contributed by atoms with Crippen LogP contribution in [0.4, 0.5) is 24.5 Å². The number of nitrogens with one attached hydrogen (secondary N) is 2. The summed E-state index contributed by atoms with van der Waals surface area (Å²) in [5.41, 5.74) is 5.11. The van der Waals surface area contributed by atoms with Gasteiger partial charge in [-0.15, -0.1) is 0 Å². The molecule has 40 heavy (non-hydrogen) atoms. The largest absolute Gasteiger partial charge is 0.406 e. The van der Waals surface area contributed by atoms with E-state index in [4.69, 9.17) is 8.42 Å². The number of aryl methyl sites for hydroxylation is 2. The van der Waals surface area contributed by atoms with Gasteiger partial charge in [-0.05, 0) is 101 Å². The van der Waals surface area contributed by atoms with Gasteiger partial charge in [0.25, 0.3) is 0 Å². The molecule has 0 radical (unpaired) electrons. The smallest absolute Gasteiger partial charge is 0.382 e. The number of alkyl halides is 3. The Morgan fingerprint density at radius 2 is 1.73 bits per heavy atom. The first kappa shape index (κ1) is 31.3. The highest BCUT2D eigenvalue weighted by atomic mass is 32.2. The van der Waals surface area contributed by atoms with Gasteiger partial charge in [0, 0.05) is 28.8 Å². The van der Waals surface area contributed by atoms with E-state index in [1.165, 1.54) is 15.7 Å². The van der Waals surface area contributed by atoms with Crippen LogP contribution in [0.15, 0.2) is 42.5 Å². The molecule has 4 N–H and O–H groups in total. The number of hydrogen-bond donors (Lipinski definition) is 4. The lowest BCUT2D eigenvalue weighted by molar-refractivity contribution is -0.140. The molecule has 2 aromatic carbocycles. The van der Waals surface area contributed by atoms with Crippen LogP contribution in [0.2, 0.25) is 0 Å². The van der Waals surface area contributed by atoms with E-state index in [1.54, 1.807) is 12.1 Å². The Hall–Kier alpha value is -3.20. The number of nitrogens with zero attached hydrogens (tertiary/aromatic N) is 2. The first-order valence-corrected chi connectivity index (χ1v) is 14.4. The molecule has 4 rings (SSSR count). The summed E-state index contributed by atoms with van der Waals surface area (Å²) in [6, 6.07) is 14.3. The molecular formula is C29H38F3N5O2S. The Balaban J connectivity index is 0.00000103. The number of fused-ring (bicyclic) bond motifs is 1. The van der Waals surface area contributed by atoms with Crippen molar-refractivity contribution in [2.75, 3.05) is 31.3 Å². The Morgan fingerprint density at radius 1 is 1.05 bits per heavy atom. The monoisotopic (exact) mass is 577 g/mol. The summed E-state index contributed by atoms with van der Waals surface area (Å²) >= 11 is 0. The maximum Gasteiger partial charge on any atom is 0.406 e. The lowest BCUT2D eigenvalue weighted by Gasteiger charge is -2.33. The number of benzene rings is 2. The van der Waals surface area contributed by atoms with Crippen molar-refractivity contribution in [1.29, 1.82) is 0 Å². The third-order valence-electron chi connectivity index (χ3n) is 7.17. The highest BCUT2D eigenvalue weighted by molar-refractivity contribution is 7.69. The first-order valence-electron chi connectivity index (χ1n) is 13.1. The molecule has 0 aliphatic heterocycles. The summed E-state index contributed by atoms with van der Waals surface area (Å²) in [6.45, 7) is 3.37. The summed E-state index contributed by atoms with van der Waals surface area (Å²) in [5.74, 6) is 6.00. The lowest BCUT2D eigenvalue weighted by Crippen LogP contribution is -2.36. The van der Waals surface area contributed by atoms with E-state index >= 15 is 0 Å². The topological polar surface area (TPSA) is 92.4 Å². The van der Waals surface area contributed by atoms with Gasteiger partial charge in [-0.25, -0.2) is 13.6 Å². The number of hydrogen-bond acceptors (Lipinski definition) is 5. The molecule has 0 bridgehead atoms. The van der Waals surface area contributed by atoms with Gasteiger partial charge >= 0.3 is 6.18 Å². The van der Waals surface area contributed by atoms with Crippen LogP contribution in [0, 0.1) is 25.7 Å². The third kappa shape index (κ3) is 9.18.